The summed E-state index contributed by atoms with van der Waals surface area (Å²) in [5.41, 5.74) is 1.20. The smallest absolute Gasteiger partial charge is 0.546 e. The number of carbonyl (C=O) groups excluding carboxylic acids is 1. The molecule has 0 heterocycles. The van der Waals surface area contributed by atoms with Gasteiger partial charge in [-0.2, -0.15) is 0 Å². The molecule has 0 aliphatic rings. The Morgan fingerprint density at radius 2 is 1.87 bits per heavy atom. The molecule has 0 saturated heterocycles. The molecule has 0 amide bonds. The Morgan fingerprint density at radius 3 is 2.27 bits per heavy atom. The Kier molecular flexibility index (Phi) is 7.47. The molecular weight excluding hydrogens is 219 g/mol. The third-order valence-corrected chi connectivity index (χ3v) is 1.90. The number of carboxylic acid groups (broad SMARTS) is 1. The van der Waals surface area contributed by atoms with Gasteiger partial charge in [0.2, 0.25) is 0 Å². The molecule has 0 unspecified atom stereocenters. The van der Waals surface area contributed by atoms with Gasteiger partial charge in [-0.05, 0) is 23.6 Å². The average Bonchev–Trinajstić information content (AvgIpc) is 2.15. The standard InChI is InChI=1S/C11H14O3.K/c1-8(2)9-3-5-10(6-4-9)14-7-11(12)13;/h3-6,8H,7H2,1-2H3,(H,12,13);/q;+1/p-1. The summed E-state index contributed by atoms with van der Waals surface area (Å²) >= 11 is 0. The van der Waals surface area contributed by atoms with Crippen molar-refractivity contribution in [2.75, 3.05) is 6.61 Å². The molecule has 0 fully saturated rings. The molecule has 0 aliphatic heterocycles. The van der Waals surface area contributed by atoms with Gasteiger partial charge in [0.15, 0.2) is 0 Å². The van der Waals surface area contributed by atoms with Crippen LogP contribution < -0.4 is 61.2 Å². The summed E-state index contributed by atoms with van der Waals surface area (Å²) in [4.78, 5) is 10.1. The third-order valence-electron chi connectivity index (χ3n) is 1.90. The quantitative estimate of drug-likeness (QED) is 0.561. The van der Waals surface area contributed by atoms with Crippen LogP contribution in [0.25, 0.3) is 0 Å². The van der Waals surface area contributed by atoms with Crippen LogP contribution in [0.2, 0.25) is 0 Å². The van der Waals surface area contributed by atoms with E-state index >= 15 is 0 Å². The summed E-state index contributed by atoms with van der Waals surface area (Å²) in [6, 6.07) is 7.38. The van der Waals surface area contributed by atoms with Gasteiger partial charge in [-0.3, -0.25) is 0 Å². The Morgan fingerprint density at radius 1 is 1.33 bits per heavy atom. The van der Waals surface area contributed by atoms with Crippen molar-refractivity contribution in [3.05, 3.63) is 29.8 Å². The molecule has 0 aliphatic carbocycles. The molecule has 0 radical (unpaired) electrons. The van der Waals surface area contributed by atoms with Gasteiger partial charge in [0.05, 0.1) is 5.97 Å². The van der Waals surface area contributed by atoms with Crippen LogP contribution in [0.3, 0.4) is 0 Å². The SMILES string of the molecule is CC(C)c1ccc(OCC(=O)[O-])cc1.[K+]. The van der Waals surface area contributed by atoms with Gasteiger partial charge < -0.3 is 14.6 Å². The molecule has 1 aromatic carbocycles. The molecule has 15 heavy (non-hydrogen) atoms. The number of carbonyl (C=O) groups is 1. The van der Waals surface area contributed by atoms with E-state index in [1.165, 1.54) is 5.56 Å². The average molecular weight is 232 g/mol. The molecule has 4 heteroatoms. The fraction of sp³-hybridized carbons (Fsp3) is 0.364. The molecule has 1 rings (SSSR count). The predicted molar refractivity (Wildman–Crippen MR) is 51.0 cm³/mol. The van der Waals surface area contributed by atoms with Crippen molar-refractivity contribution >= 4 is 5.97 Å². The number of ether oxygens (including phenoxy) is 1. The van der Waals surface area contributed by atoms with Crippen LogP contribution >= 0.6 is 0 Å². The Balaban J connectivity index is 0.00000196. The van der Waals surface area contributed by atoms with Crippen molar-refractivity contribution in [3.8, 4) is 5.75 Å². The Bertz CT molecular complexity index is 306. The maximum absolute atomic E-state index is 10.1. The summed E-state index contributed by atoms with van der Waals surface area (Å²) in [6.45, 7) is 3.79. The topological polar surface area (TPSA) is 49.4 Å². The molecule has 3 nitrogen and oxygen atoms in total. The molecule has 0 atom stereocenters. The maximum Gasteiger partial charge on any atom is 1.00 e. The van der Waals surface area contributed by atoms with Crippen molar-refractivity contribution in [1.29, 1.82) is 0 Å². The second kappa shape index (κ2) is 7.41. The van der Waals surface area contributed by atoms with Crippen molar-refractivity contribution in [3.63, 3.8) is 0 Å². The minimum Gasteiger partial charge on any atom is -0.546 e. The normalized spacial score (nSPS) is 9.53. The van der Waals surface area contributed by atoms with Crippen molar-refractivity contribution < 1.29 is 66.0 Å². The maximum atomic E-state index is 10.1. The summed E-state index contributed by atoms with van der Waals surface area (Å²) in [5.74, 6) is -0.193. The van der Waals surface area contributed by atoms with E-state index in [4.69, 9.17) is 4.74 Å². The zero-order chi connectivity index (χ0) is 10.6. The predicted octanol–water partition coefficient (Wildman–Crippen LogP) is -2.06. The number of aliphatic carboxylic acids is 1. The van der Waals surface area contributed by atoms with Crippen LogP contribution in [0.1, 0.15) is 25.3 Å². The number of carboxylic acids is 1. The molecule has 0 spiro atoms. The van der Waals surface area contributed by atoms with E-state index in [0.717, 1.165) is 0 Å². The Hall–Kier alpha value is 0.126. The Labute approximate surface area is 132 Å². The molecular formula is C11H13KO3. The monoisotopic (exact) mass is 232 g/mol. The van der Waals surface area contributed by atoms with Gasteiger partial charge in [0.25, 0.3) is 0 Å². The minimum atomic E-state index is -1.21. The first-order chi connectivity index (χ1) is 6.59. The summed E-state index contributed by atoms with van der Waals surface area (Å²) in [6.07, 6.45) is 0. The van der Waals surface area contributed by atoms with Crippen LogP contribution in [-0.4, -0.2) is 12.6 Å². The second-order valence-electron chi connectivity index (χ2n) is 3.38. The molecule has 0 N–H and O–H groups in total. The fourth-order valence-corrected chi connectivity index (χ4v) is 1.09. The van der Waals surface area contributed by atoms with Crippen LogP contribution in [0, 0.1) is 0 Å². The first-order valence-electron chi connectivity index (χ1n) is 4.52. The van der Waals surface area contributed by atoms with E-state index in [0.29, 0.717) is 11.7 Å². The van der Waals surface area contributed by atoms with Gasteiger partial charge >= 0.3 is 51.4 Å². The van der Waals surface area contributed by atoms with E-state index in [1.54, 1.807) is 12.1 Å². The minimum absolute atomic E-state index is 0. The zero-order valence-corrected chi connectivity index (χ0v) is 12.4. The van der Waals surface area contributed by atoms with Crippen LogP contribution in [-0.2, 0) is 4.79 Å². The number of benzene rings is 1. The van der Waals surface area contributed by atoms with E-state index in [-0.39, 0.29) is 51.4 Å². The van der Waals surface area contributed by atoms with Crippen molar-refractivity contribution in [1.82, 2.24) is 0 Å². The summed E-state index contributed by atoms with van der Waals surface area (Å²) < 4.78 is 4.94. The third kappa shape index (κ3) is 5.68. The molecule has 0 saturated carbocycles. The molecule has 0 bridgehead atoms. The van der Waals surface area contributed by atoms with Gasteiger partial charge in [-0.15, -0.1) is 0 Å². The van der Waals surface area contributed by atoms with Gasteiger partial charge in [-0.1, -0.05) is 26.0 Å². The first kappa shape index (κ1) is 15.1. The fourth-order valence-electron chi connectivity index (χ4n) is 1.09. The van der Waals surface area contributed by atoms with E-state index in [2.05, 4.69) is 13.8 Å². The van der Waals surface area contributed by atoms with Gasteiger partial charge in [0.1, 0.15) is 12.4 Å². The molecule has 1 aromatic rings. The summed E-state index contributed by atoms with van der Waals surface area (Å²) in [7, 11) is 0. The number of rotatable bonds is 4. The van der Waals surface area contributed by atoms with E-state index < -0.39 is 12.6 Å². The van der Waals surface area contributed by atoms with Crippen LogP contribution in [0.4, 0.5) is 0 Å². The molecule has 0 aromatic heterocycles. The van der Waals surface area contributed by atoms with Gasteiger partial charge in [0, 0.05) is 0 Å². The van der Waals surface area contributed by atoms with Crippen LogP contribution in [0.15, 0.2) is 24.3 Å². The number of hydrogen-bond donors (Lipinski definition) is 0. The summed E-state index contributed by atoms with van der Waals surface area (Å²) in [5, 5.41) is 10.1. The van der Waals surface area contributed by atoms with E-state index in [1.807, 2.05) is 12.1 Å². The second-order valence-corrected chi connectivity index (χ2v) is 3.38. The van der Waals surface area contributed by atoms with Gasteiger partial charge in [-0.25, -0.2) is 0 Å². The zero-order valence-electron chi connectivity index (χ0n) is 9.32. The van der Waals surface area contributed by atoms with Crippen molar-refractivity contribution in [2.45, 2.75) is 19.8 Å². The largest absolute Gasteiger partial charge is 1.00 e. The first-order valence-corrected chi connectivity index (χ1v) is 4.52. The van der Waals surface area contributed by atoms with E-state index in [9.17, 15) is 9.90 Å². The number of hydrogen-bond acceptors (Lipinski definition) is 3. The molecule has 76 valence electrons. The van der Waals surface area contributed by atoms with Crippen molar-refractivity contribution in [2.24, 2.45) is 0 Å². The van der Waals surface area contributed by atoms with Crippen LogP contribution in [0.5, 0.6) is 5.75 Å².